The predicted octanol–water partition coefficient (Wildman–Crippen LogP) is 1.38. The summed E-state index contributed by atoms with van der Waals surface area (Å²) in [6, 6.07) is 8.50. The molecule has 2 unspecified atom stereocenters. The zero-order valence-corrected chi connectivity index (χ0v) is 8.33. The number of aryl methyl sites for hydroxylation is 1. The van der Waals surface area contributed by atoms with Crippen molar-refractivity contribution in [3.8, 4) is 0 Å². The predicted molar refractivity (Wildman–Crippen MR) is 56.6 cm³/mol. The third kappa shape index (κ3) is 2.54. The van der Waals surface area contributed by atoms with Crippen LogP contribution in [0.5, 0.6) is 0 Å². The van der Waals surface area contributed by atoms with Gasteiger partial charge in [-0.15, -0.1) is 0 Å². The minimum absolute atomic E-state index is 0.117. The van der Waals surface area contributed by atoms with Crippen molar-refractivity contribution in [2.24, 2.45) is 11.5 Å². The molecule has 72 valence electrons. The topological polar surface area (TPSA) is 52.0 Å². The Balaban J connectivity index is 2.91. The van der Waals surface area contributed by atoms with Crippen LogP contribution in [0.4, 0.5) is 0 Å². The molecule has 2 nitrogen and oxygen atoms in total. The second-order valence-corrected chi connectivity index (χ2v) is 3.62. The first-order valence-electron chi connectivity index (χ1n) is 4.67. The maximum atomic E-state index is 5.85. The van der Waals surface area contributed by atoms with Crippen molar-refractivity contribution < 1.29 is 0 Å². The van der Waals surface area contributed by atoms with E-state index in [-0.39, 0.29) is 12.0 Å². The highest BCUT2D eigenvalue weighted by Gasteiger charge is 2.13. The van der Waals surface area contributed by atoms with Crippen LogP contribution >= 0.6 is 0 Å². The molecule has 0 bridgehead atoms. The van der Waals surface area contributed by atoms with E-state index < -0.39 is 0 Å². The molecule has 0 fully saturated rings. The Bertz CT molecular complexity index is 269. The fourth-order valence-electron chi connectivity index (χ4n) is 1.56. The molecule has 0 aliphatic rings. The molecular formula is C11H18N2. The van der Waals surface area contributed by atoms with Gasteiger partial charge >= 0.3 is 0 Å². The summed E-state index contributed by atoms with van der Waals surface area (Å²) >= 11 is 0. The van der Waals surface area contributed by atoms with Gasteiger partial charge in [0.15, 0.2) is 0 Å². The molecule has 0 saturated heterocycles. The van der Waals surface area contributed by atoms with E-state index in [1.165, 1.54) is 11.1 Å². The molecule has 13 heavy (non-hydrogen) atoms. The summed E-state index contributed by atoms with van der Waals surface area (Å²) < 4.78 is 0. The van der Waals surface area contributed by atoms with Gasteiger partial charge in [0.25, 0.3) is 0 Å². The highest BCUT2D eigenvalue weighted by molar-refractivity contribution is 5.26. The Kier molecular flexibility index (Phi) is 3.46. The molecule has 0 aliphatic carbocycles. The van der Waals surface area contributed by atoms with E-state index in [0.717, 1.165) is 0 Å². The fourth-order valence-corrected chi connectivity index (χ4v) is 1.56. The second kappa shape index (κ2) is 4.40. The van der Waals surface area contributed by atoms with Crippen LogP contribution in [0.2, 0.25) is 0 Å². The van der Waals surface area contributed by atoms with Crippen molar-refractivity contribution in [2.45, 2.75) is 25.8 Å². The van der Waals surface area contributed by atoms with Crippen molar-refractivity contribution in [2.75, 3.05) is 6.54 Å². The highest BCUT2D eigenvalue weighted by Crippen LogP contribution is 2.18. The van der Waals surface area contributed by atoms with Gasteiger partial charge in [-0.25, -0.2) is 0 Å². The molecule has 0 amide bonds. The number of hydrogen-bond donors (Lipinski definition) is 2. The van der Waals surface area contributed by atoms with Gasteiger partial charge in [0.2, 0.25) is 0 Å². The van der Waals surface area contributed by atoms with Gasteiger partial charge in [0.1, 0.15) is 0 Å². The normalized spacial score (nSPS) is 15.4. The Morgan fingerprint density at radius 3 is 2.54 bits per heavy atom. The van der Waals surface area contributed by atoms with Crippen LogP contribution in [-0.4, -0.2) is 12.6 Å². The van der Waals surface area contributed by atoms with Gasteiger partial charge in [0, 0.05) is 18.5 Å². The Labute approximate surface area is 79.9 Å². The second-order valence-electron chi connectivity index (χ2n) is 3.62. The average molecular weight is 178 g/mol. The van der Waals surface area contributed by atoms with E-state index in [1.54, 1.807) is 0 Å². The summed E-state index contributed by atoms with van der Waals surface area (Å²) in [5, 5.41) is 0. The summed E-state index contributed by atoms with van der Waals surface area (Å²) in [7, 11) is 0. The van der Waals surface area contributed by atoms with Crippen LogP contribution in [0.1, 0.15) is 24.0 Å². The molecule has 0 radical (unpaired) electrons. The summed E-state index contributed by atoms with van der Waals surface area (Å²) in [5.41, 5.74) is 14.0. The van der Waals surface area contributed by atoms with E-state index in [0.29, 0.717) is 6.54 Å². The van der Waals surface area contributed by atoms with Gasteiger partial charge in [0.05, 0.1) is 0 Å². The van der Waals surface area contributed by atoms with Gasteiger partial charge in [-0.2, -0.15) is 0 Å². The molecule has 0 heterocycles. The highest BCUT2D eigenvalue weighted by atomic mass is 14.7. The quantitative estimate of drug-likeness (QED) is 0.734. The van der Waals surface area contributed by atoms with Gasteiger partial charge in [-0.3, -0.25) is 0 Å². The first kappa shape index (κ1) is 10.2. The molecule has 2 atom stereocenters. The first-order chi connectivity index (χ1) is 6.15. The molecule has 1 aromatic carbocycles. The summed E-state index contributed by atoms with van der Waals surface area (Å²) in [6.07, 6.45) is 0. The van der Waals surface area contributed by atoms with Crippen molar-refractivity contribution in [1.82, 2.24) is 0 Å². The first-order valence-corrected chi connectivity index (χ1v) is 4.67. The molecular weight excluding hydrogens is 160 g/mol. The Morgan fingerprint density at radius 2 is 2.08 bits per heavy atom. The molecule has 0 aliphatic heterocycles. The standard InChI is InChI=1S/C11H18N2/c1-8-4-3-5-10(6-8)11(7-12)9(2)13/h3-6,9,11H,7,12-13H2,1-2H3. The maximum Gasteiger partial charge on any atom is 0.0110 e. The molecule has 1 rings (SSSR count). The third-order valence-corrected chi connectivity index (χ3v) is 2.36. The Hall–Kier alpha value is -0.860. The van der Waals surface area contributed by atoms with Gasteiger partial charge in [-0.1, -0.05) is 29.8 Å². The lowest BCUT2D eigenvalue weighted by Crippen LogP contribution is -2.30. The number of rotatable bonds is 3. The number of hydrogen-bond acceptors (Lipinski definition) is 2. The van der Waals surface area contributed by atoms with Crippen LogP contribution in [0.15, 0.2) is 24.3 Å². The average Bonchev–Trinajstić information content (AvgIpc) is 2.04. The number of nitrogens with two attached hydrogens (primary N) is 2. The van der Waals surface area contributed by atoms with Crippen LogP contribution in [0, 0.1) is 6.92 Å². The van der Waals surface area contributed by atoms with Crippen molar-refractivity contribution in [3.05, 3.63) is 35.4 Å². The fraction of sp³-hybridized carbons (Fsp3) is 0.455. The number of benzene rings is 1. The molecule has 2 heteroatoms. The van der Waals surface area contributed by atoms with Crippen LogP contribution < -0.4 is 11.5 Å². The lowest BCUT2D eigenvalue weighted by Gasteiger charge is -2.19. The summed E-state index contributed by atoms with van der Waals surface area (Å²) in [6.45, 7) is 4.69. The molecule has 4 N–H and O–H groups in total. The molecule has 1 aromatic rings. The van der Waals surface area contributed by atoms with Crippen molar-refractivity contribution >= 4 is 0 Å². The smallest absolute Gasteiger partial charge is 0.0110 e. The monoisotopic (exact) mass is 178 g/mol. The zero-order valence-electron chi connectivity index (χ0n) is 8.33. The zero-order chi connectivity index (χ0) is 9.84. The summed E-state index contributed by atoms with van der Waals surface area (Å²) in [5.74, 6) is 0.278. The third-order valence-electron chi connectivity index (χ3n) is 2.36. The van der Waals surface area contributed by atoms with E-state index in [9.17, 15) is 0 Å². The SMILES string of the molecule is Cc1cccc(C(CN)C(C)N)c1. The minimum Gasteiger partial charge on any atom is -0.330 e. The van der Waals surface area contributed by atoms with E-state index in [1.807, 2.05) is 6.92 Å². The lowest BCUT2D eigenvalue weighted by molar-refractivity contribution is 0.576. The molecule has 0 aromatic heterocycles. The van der Waals surface area contributed by atoms with E-state index >= 15 is 0 Å². The molecule has 0 saturated carbocycles. The van der Waals surface area contributed by atoms with Gasteiger partial charge in [-0.05, 0) is 19.4 Å². The largest absolute Gasteiger partial charge is 0.330 e. The van der Waals surface area contributed by atoms with E-state index in [4.69, 9.17) is 11.5 Å². The van der Waals surface area contributed by atoms with Crippen LogP contribution in [-0.2, 0) is 0 Å². The van der Waals surface area contributed by atoms with Crippen LogP contribution in [0.25, 0.3) is 0 Å². The van der Waals surface area contributed by atoms with Crippen molar-refractivity contribution in [3.63, 3.8) is 0 Å². The van der Waals surface area contributed by atoms with E-state index in [2.05, 4.69) is 31.2 Å². The maximum absolute atomic E-state index is 5.85. The van der Waals surface area contributed by atoms with Crippen LogP contribution in [0.3, 0.4) is 0 Å². The minimum atomic E-state index is 0.117. The Morgan fingerprint density at radius 1 is 1.38 bits per heavy atom. The van der Waals surface area contributed by atoms with Crippen molar-refractivity contribution in [1.29, 1.82) is 0 Å². The lowest BCUT2D eigenvalue weighted by atomic mass is 9.92. The summed E-state index contributed by atoms with van der Waals surface area (Å²) in [4.78, 5) is 0. The van der Waals surface area contributed by atoms with Gasteiger partial charge < -0.3 is 11.5 Å². The molecule has 0 spiro atoms.